The maximum absolute atomic E-state index is 13.0. The van der Waals surface area contributed by atoms with Gasteiger partial charge in [-0.25, -0.2) is 0 Å². The Labute approximate surface area is 501 Å². The molecule has 464 valence electrons. The first-order valence-corrected chi connectivity index (χ1v) is 34.4. The Kier molecular flexibility index (Phi) is 65.2. The van der Waals surface area contributed by atoms with Crippen molar-refractivity contribution in [1.29, 1.82) is 0 Å². The number of unbranched alkanes of at least 4 members (excludes halogenated alkanes) is 33. The van der Waals surface area contributed by atoms with Crippen molar-refractivity contribution in [3.05, 3.63) is 109 Å². The van der Waals surface area contributed by atoms with Gasteiger partial charge >= 0.3 is 17.9 Å². The summed E-state index contributed by atoms with van der Waals surface area (Å²) >= 11 is 0. The van der Waals surface area contributed by atoms with Gasteiger partial charge in [-0.1, -0.05) is 291 Å². The molecule has 0 amide bonds. The van der Waals surface area contributed by atoms with Gasteiger partial charge in [-0.15, -0.1) is 0 Å². The molecule has 81 heavy (non-hydrogen) atoms. The lowest BCUT2D eigenvalue weighted by molar-refractivity contribution is -0.167. The highest BCUT2D eigenvalue weighted by Gasteiger charge is 2.19. The molecule has 0 rings (SSSR count). The molecule has 1 unspecified atom stereocenters. The van der Waals surface area contributed by atoms with Gasteiger partial charge in [-0.3, -0.25) is 14.4 Å². The average molecular weight is 1130 g/mol. The Morgan fingerprint density at radius 2 is 0.481 bits per heavy atom. The molecular formula is C75H128O6. The molecule has 0 fully saturated rings. The second-order valence-corrected chi connectivity index (χ2v) is 22.7. The normalized spacial score (nSPS) is 12.8. The van der Waals surface area contributed by atoms with Gasteiger partial charge < -0.3 is 14.2 Å². The van der Waals surface area contributed by atoms with Crippen LogP contribution in [0.25, 0.3) is 0 Å². The lowest BCUT2D eigenvalue weighted by atomic mass is 10.0. The van der Waals surface area contributed by atoms with Crippen molar-refractivity contribution < 1.29 is 28.6 Å². The first-order chi connectivity index (χ1) is 40.0. The first-order valence-electron chi connectivity index (χ1n) is 34.4. The minimum absolute atomic E-state index is 0.0854. The molecule has 0 aromatic carbocycles. The van der Waals surface area contributed by atoms with Gasteiger partial charge in [0.25, 0.3) is 0 Å². The number of rotatable bonds is 62. The monoisotopic (exact) mass is 1120 g/mol. The summed E-state index contributed by atoms with van der Waals surface area (Å²) in [5.41, 5.74) is 0. The summed E-state index contributed by atoms with van der Waals surface area (Å²) in [5.74, 6) is -0.895. The van der Waals surface area contributed by atoms with Crippen molar-refractivity contribution in [2.45, 2.75) is 335 Å². The van der Waals surface area contributed by atoms with Crippen molar-refractivity contribution in [2.24, 2.45) is 0 Å². The van der Waals surface area contributed by atoms with Crippen LogP contribution in [0.3, 0.4) is 0 Å². The Morgan fingerprint density at radius 3 is 0.778 bits per heavy atom. The highest BCUT2D eigenvalue weighted by atomic mass is 16.6. The molecule has 0 radical (unpaired) electrons. The number of allylic oxidation sites excluding steroid dienone is 18. The summed E-state index contributed by atoms with van der Waals surface area (Å²) in [4.78, 5) is 38.4. The van der Waals surface area contributed by atoms with E-state index < -0.39 is 6.10 Å². The Hall–Kier alpha value is -3.93. The van der Waals surface area contributed by atoms with Gasteiger partial charge in [0.05, 0.1) is 0 Å². The van der Waals surface area contributed by atoms with E-state index in [-0.39, 0.29) is 31.1 Å². The lowest BCUT2D eigenvalue weighted by Gasteiger charge is -2.18. The Bertz CT molecular complexity index is 1620. The van der Waals surface area contributed by atoms with Crippen LogP contribution in [0.4, 0.5) is 0 Å². The van der Waals surface area contributed by atoms with Gasteiger partial charge in [-0.05, 0) is 128 Å². The number of esters is 3. The van der Waals surface area contributed by atoms with Crippen LogP contribution in [-0.4, -0.2) is 37.2 Å². The molecule has 0 aromatic rings. The summed E-state index contributed by atoms with van der Waals surface area (Å²) in [6, 6.07) is 0. The predicted molar refractivity (Wildman–Crippen MR) is 353 cm³/mol. The molecule has 1 atom stereocenters. The molecule has 0 aromatic heterocycles. The van der Waals surface area contributed by atoms with E-state index in [0.717, 1.165) is 116 Å². The molecule has 0 spiro atoms. The third-order valence-electron chi connectivity index (χ3n) is 14.7. The smallest absolute Gasteiger partial charge is 0.306 e. The van der Waals surface area contributed by atoms with E-state index in [9.17, 15) is 14.4 Å². The van der Waals surface area contributed by atoms with Crippen LogP contribution in [-0.2, 0) is 28.6 Å². The Balaban J connectivity index is 4.35. The minimum Gasteiger partial charge on any atom is -0.462 e. The van der Waals surface area contributed by atoms with Crippen LogP contribution in [0, 0.1) is 0 Å². The maximum atomic E-state index is 13.0. The molecule has 0 bridgehead atoms. The van der Waals surface area contributed by atoms with E-state index in [4.69, 9.17) is 14.2 Å². The van der Waals surface area contributed by atoms with Gasteiger partial charge in [0.15, 0.2) is 6.10 Å². The summed E-state index contributed by atoms with van der Waals surface area (Å²) < 4.78 is 17.0. The fraction of sp³-hybridized carbons (Fsp3) is 0.720. The zero-order valence-corrected chi connectivity index (χ0v) is 53.3. The topological polar surface area (TPSA) is 78.9 Å². The fourth-order valence-corrected chi connectivity index (χ4v) is 9.59. The van der Waals surface area contributed by atoms with Gasteiger partial charge in [-0.2, -0.15) is 0 Å². The van der Waals surface area contributed by atoms with E-state index in [2.05, 4.69) is 130 Å². The minimum atomic E-state index is -0.791. The Morgan fingerprint density at radius 1 is 0.259 bits per heavy atom. The van der Waals surface area contributed by atoms with E-state index in [1.165, 1.54) is 173 Å². The van der Waals surface area contributed by atoms with Gasteiger partial charge in [0.1, 0.15) is 13.2 Å². The molecule has 6 nitrogen and oxygen atoms in total. The van der Waals surface area contributed by atoms with Crippen molar-refractivity contribution in [3.63, 3.8) is 0 Å². The zero-order valence-electron chi connectivity index (χ0n) is 53.3. The maximum Gasteiger partial charge on any atom is 0.306 e. The molecule has 0 saturated carbocycles. The highest BCUT2D eigenvalue weighted by molar-refractivity contribution is 5.71. The standard InChI is InChI=1S/C75H128O6/c1-4-7-10-13-16-19-22-25-28-30-32-34-35-36-37-38-39-41-42-44-47-50-53-56-59-62-65-68-74(77)80-71-72(70-79-73(76)67-64-61-58-55-52-49-46-27-24-21-18-15-12-9-6-3)81-75(78)69-66-63-60-57-54-51-48-45-43-40-33-31-29-26-23-20-17-14-11-8-5-2/h7,10,16,18-19,21,23,25-28,31-34,36-37,46,72H,4-6,8-9,11-15,17,20,22,24,29-30,35,38-45,47-71H2,1-3H3/b10-7-,19-16-,21-18-,26-23-,28-25-,33-31-,34-32-,37-36-,46-27-. The first kappa shape index (κ1) is 77.1. The summed E-state index contributed by atoms with van der Waals surface area (Å²) in [6.45, 7) is 6.50. The van der Waals surface area contributed by atoms with Crippen molar-refractivity contribution in [3.8, 4) is 0 Å². The van der Waals surface area contributed by atoms with Crippen molar-refractivity contribution >= 4 is 17.9 Å². The largest absolute Gasteiger partial charge is 0.462 e. The van der Waals surface area contributed by atoms with Crippen LogP contribution in [0.15, 0.2) is 109 Å². The summed E-state index contributed by atoms with van der Waals surface area (Å²) in [5, 5.41) is 0. The molecular weight excluding hydrogens is 997 g/mol. The second kappa shape index (κ2) is 68.6. The van der Waals surface area contributed by atoms with Crippen molar-refractivity contribution in [1.82, 2.24) is 0 Å². The molecule has 0 heterocycles. The molecule has 6 heteroatoms. The fourth-order valence-electron chi connectivity index (χ4n) is 9.59. The van der Waals surface area contributed by atoms with E-state index in [0.29, 0.717) is 19.3 Å². The highest BCUT2D eigenvalue weighted by Crippen LogP contribution is 2.16. The van der Waals surface area contributed by atoms with Gasteiger partial charge in [0, 0.05) is 19.3 Å². The van der Waals surface area contributed by atoms with Crippen molar-refractivity contribution in [2.75, 3.05) is 13.2 Å². The van der Waals surface area contributed by atoms with Crippen LogP contribution in [0.5, 0.6) is 0 Å². The van der Waals surface area contributed by atoms with E-state index >= 15 is 0 Å². The lowest BCUT2D eigenvalue weighted by Crippen LogP contribution is -2.30. The van der Waals surface area contributed by atoms with Crippen LogP contribution in [0.1, 0.15) is 329 Å². The van der Waals surface area contributed by atoms with E-state index in [1.54, 1.807) is 0 Å². The number of hydrogen-bond donors (Lipinski definition) is 0. The predicted octanol–water partition coefficient (Wildman–Crippen LogP) is 23.8. The summed E-state index contributed by atoms with van der Waals surface area (Å²) in [6.07, 6.45) is 93.8. The molecule has 0 N–H and O–H groups in total. The zero-order chi connectivity index (χ0) is 58.5. The molecule has 0 aliphatic carbocycles. The SMILES string of the molecule is CC/C=C\C/C=C\C/C=C\C/C=C\C/C=C\CCCCCCCCCCCCCC(=O)OCC(COC(=O)CCCCCCC/C=C\C/C=C\CCCCC)OC(=O)CCCCCCCCCCC/C=C\C/C=C\CCCCCCC. The van der Waals surface area contributed by atoms with Gasteiger partial charge in [0.2, 0.25) is 0 Å². The van der Waals surface area contributed by atoms with Crippen LogP contribution >= 0.6 is 0 Å². The van der Waals surface area contributed by atoms with Crippen LogP contribution in [0.2, 0.25) is 0 Å². The quantitative estimate of drug-likeness (QED) is 0.0261. The number of ether oxygens (including phenoxy) is 3. The molecule has 0 aliphatic rings. The number of hydrogen-bond acceptors (Lipinski definition) is 6. The average Bonchev–Trinajstić information content (AvgIpc) is 3.47. The number of carbonyl (C=O) groups excluding carboxylic acids is 3. The third kappa shape index (κ3) is 66.8. The van der Waals surface area contributed by atoms with Crippen LogP contribution < -0.4 is 0 Å². The third-order valence-corrected chi connectivity index (χ3v) is 14.7. The second-order valence-electron chi connectivity index (χ2n) is 22.7. The van der Waals surface area contributed by atoms with E-state index in [1.807, 2.05) is 0 Å². The number of carbonyl (C=O) groups is 3. The summed E-state index contributed by atoms with van der Waals surface area (Å²) in [7, 11) is 0. The molecule has 0 aliphatic heterocycles. The molecule has 0 saturated heterocycles.